The zero-order chi connectivity index (χ0) is 12.4. The van der Waals surface area contributed by atoms with Crippen molar-refractivity contribution in [3.05, 3.63) is 29.8 Å². The van der Waals surface area contributed by atoms with Gasteiger partial charge in [-0.3, -0.25) is 0 Å². The molecule has 1 fully saturated rings. The van der Waals surface area contributed by atoms with Gasteiger partial charge in [0.25, 0.3) is 0 Å². The highest BCUT2D eigenvalue weighted by Crippen LogP contribution is 2.39. The van der Waals surface area contributed by atoms with Crippen molar-refractivity contribution in [2.24, 2.45) is 0 Å². The maximum atomic E-state index is 3.90. The molecule has 1 heterocycles. The van der Waals surface area contributed by atoms with E-state index in [0.29, 0.717) is 6.04 Å². The Balaban J connectivity index is 1.64. The molecule has 3 rings (SSSR count). The Morgan fingerprint density at radius 2 is 2.17 bits per heavy atom. The highest BCUT2D eigenvalue weighted by Gasteiger charge is 2.27. The summed E-state index contributed by atoms with van der Waals surface area (Å²) < 4.78 is 0. The topological polar surface area (TPSA) is 12.0 Å². The van der Waals surface area contributed by atoms with Gasteiger partial charge in [-0.2, -0.15) is 11.8 Å². The van der Waals surface area contributed by atoms with Crippen LogP contribution in [-0.2, 0) is 0 Å². The average molecular weight is 279 g/mol. The first-order valence-electron chi connectivity index (χ1n) is 6.87. The summed E-state index contributed by atoms with van der Waals surface area (Å²) in [5.41, 5.74) is 1.52. The molecule has 0 aromatic heterocycles. The summed E-state index contributed by atoms with van der Waals surface area (Å²) in [4.78, 5) is 1.48. The standard InChI is InChI=1S/C15H21NS2/c1-17-12-6-4-5-11(9-12)16-14-10-18-15-8-3-2-7-13(14)15/h2-3,7-8,11-12,14,16H,4-6,9-10H2,1H3. The normalized spacial score (nSPS) is 31.3. The molecular formula is C15H21NS2. The van der Waals surface area contributed by atoms with Gasteiger partial charge in [-0.05, 0) is 37.1 Å². The average Bonchev–Trinajstić information content (AvgIpc) is 2.83. The summed E-state index contributed by atoms with van der Waals surface area (Å²) in [6, 6.07) is 10.2. The van der Waals surface area contributed by atoms with Crippen LogP contribution in [0, 0.1) is 0 Å². The van der Waals surface area contributed by atoms with E-state index < -0.39 is 0 Å². The molecule has 0 radical (unpaired) electrons. The Kier molecular flexibility index (Phi) is 4.22. The van der Waals surface area contributed by atoms with E-state index in [1.807, 2.05) is 23.5 Å². The Bertz CT molecular complexity index is 407. The molecular weight excluding hydrogens is 258 g/mol. The number of hydrogen-bond donors (Lipinski definition) is 1. The molecule has 1 aromatic rings. The van der Waals surface area contributed by atoms with Gasteiger partial charge in [0, 0.05) is 28.0 Å². The third-order valence-electron chi connectivity index (χ3n) is 4.10. The minimum atomic E-state index is 0.580. The van der Waals surface area contributed by atoms with Crippen molar-refractivity contribution >= 4 is 23.5 Å². The Morgan fingerprint density at radius 3 is 3.06 bits per heavy atom. The van der Waals surface area contributed by atoms with Crippen LogP contribution in [0.25, 0.3) is 0 Å². The predicted molar refractivity (Wildman–Crippen MR) is 82.6 cm³/mol. The van der Waals surface area contributed by atoms with Gasteiger partial charge in [0.1, 0.15) is 0 Å². The van der Waals surface area contributed by atoms with Gasteiger partial charge < -0.3 is 5.32 Å². The molecule has 3 heteroatoms. The summed E-state index contributed by atoms with van der Waals surface area (Å²) in [7, 11) is 0. The summed E-state index contributed by atoms with van der Waals surface area (Å²) in [5.74, 6) is 1.21. The van der Waals surface area contributed by atoms with Gasteiger partial charge in [0.05, 0.1) is 0 Å². The Hall–Kier alpha value is -0.120. The maximum Gasteiger partial charge on any atom is 0.0428 e. The van der Waals surface area contributed by atoms with Crippen LogP contribution < -0.4 is 5.32 Å². The lowest BCUT2D eigenvalue weighted by molar-refractivity contribution is 0.355. The van der Waals surface area contributed by atoms with Gasteiger partial charge in [-0.25, -0.2) is 0 Å². The van der Waals surface area contributed by atoms with Crippen LogP contribution in [0.5, 0.6) is 0 Å². The molecule has 98 valence electrons. The van der Waals surface area contributed by atoms with Gasteiger partial charge in [-0.15, -0.1) is 11.8 Å². The van der Waals surface area contributed by atoms with Crippen molar-refractivity contribution in [3.8, 4) is 0 Å². The molecule has 0 bridgehead atoms. The van der Waals surface area contributed by atoms with Crippen LogP contribution in [-0.4, -0.2) is 23.3 Å². The van der Waals surface area contributed by atoms with E-state index in [9.17, 15) is 0 Å². The van der Waals surface area contributed by atoms with E-state index in [4.69, 9.17) is 0 Å². The largest absolute Gasteiger partial charge is 0.306 e. The zero-order valence-corrected chi connectivity index (χ0v) is 12.5. The lowest BCUT2D eigenvalue weighted by Crippen LogP contribution is -2.37. The van der Waals surface area contributed by atoms with E-state index >= 15 is 0 Å². The van der Waals surface area contributed by atoms with Crippen molar-refractivity contribution in [1.82, 2.24) is 5.32 Å². The fraction of sp³-hybridized carbons (Fsp3) is 0.600. The molecule has 1 aliphatic carbocycles. The molecule has 3 atom stereocenters. The van der Waals surface area contributed by atoms with Gasteiger partial charge in [-0.1, -0.05) is 24.6 Å². The number of benzene rings is 1. The summed E-state index contributed by atoms with van der Waals surface area (Å²) in [5, 5.41) is 4.78. The van der Waals surface area contributed by atoms with E-state index in [-0.39, 0.29) is 0 Å². The number of hydrogen-bond acceptors (Lipinski definition) is 3. The molecule has 1 nitrogen and oxygen atoms in total. The fourth-order valence-corrected chi connectivity index (χ4v) is 5.10. The molecule has 1 aliphatic heterocycles. The summed E-state index contributed by atoms with van der Waals surface area (Å²) in [6.07, 6.45) is 7.78. The van der Waals surface area contributed by atoms with E-state index in [2.05, 4.69) is 35.8 Å². The van der Waals surface area contributed by atoms with Crippen LogP contribution in [0.15, 0.2) is 29.2 Å². The van der Waals surface area contributed by atoms with E-state index in [1.54, 1.807) is 0 Å². The molecule has 1 N–H and O–H groups in total. The van der Waals surface area contributed by atoms with Gasteiger partial charge >= 0.3 is 0 Å². The van der Waals surface area contributed by atoms with Crippen LogP contribution >= 0.6 is 23.5 Å². The number of rotatable bonds is 3. The quantitative estimate of drug-likeness (QED) is 0.895. The minimum absolute atomic E-state index is 0.580. The molecule has 18 heavy (non-hydrogen) atoms. The van der Waals surface area contributed by atoms with Crippen molar-refractivity contribution in [2.75, 3.05) is 12.0 Å². The number of thioether (sulfide) groups is 2. The third kappa shape index (κ3) is 2.73. The molecule has 0 spiro atoms. The molecule has 1 aromatic carbocycles. The van der Waals surface area contributed by atoms with E-state index in [0.717, 1.165) is 11.3 Å². The second-order valence-electron chi connectivity index (χ2n) is 5.29. The van der Waals surface area contributed by atoms with Crippen LogP contribution in [0.2, 0.25) is 0 Å². The molecule has 2 aliphatic rings. The lowest BCUT2D eigenvalue weighted by Gasteiger charge is -2.31. The second-order valence-corrected chi connectivity index (χ2v) is 7.49. The van der Waals surface area contributed by atoms with Crippen molar-refractivity contribution < 1.29 is 0 Å². The van der Waals surface area contributed by atoms with Gasteiger partial charge in [0.2, 0.25) is 0 Å². The maximum absolute atomic E-state index is 3.90. The first-order chi connectivity index (χ1) is 8.86. The zero-order valence-electron chi connectivity index (χ0n) is 10.9. The van der Waals surface area contributed by atoms with Crippen LogP contribution in [0.3, 0.4) is 0 Å². The van der Waals surface area contributed by atoms with Crippen LogP contribution in [0.1, 0.15) is 37.3 Å². The van der Waals surface area contributed by atoms with E-state index in [1.165, 1.54) is 41.9 Å². The monoisotopic (exact) mass is 279 g/mol. The first-order valence-corrected chi connectivity index (χ1v) is 9.14. The highest BCUT2D eigenvalue weighted by atomic mass is 32.2. The number of fused-ring (bicyclic) bond motifs is 1. The van der Waals surface area contributed by atoms with Crippen LogP contribution in [0.4, 0.5) is 0 Å². The smallest absolute Gasteiger partial charge is 0.0428 e. The molecule has 3 unspecified atom stereocenters. The molecule has 1 saturated carbocycles. The molecule has 0 saturated heterocycles. The predicted octanol–water partition coefficient (Wildman–Crippen LogP) is 4.10. The number of nitrogens with one attached hydrogen (secondary N) is 1. The minimum Gasteiger partial charge on any atom is -0.306 e. The first kappa shape index (κ1) is 12.9. The SMILES string of the molecule is CSC1CCCC(NC2CSc3ccccc32)C1. The lowest BCUT2D eigenvalue weighted by atomic mass is 9.93. The highest BCUT2D eigenvalue weighted by molar-refractivity contribution is 7.99. The van der Waals surface area contributed by atoms with Gasteiger partial charge in [0.15, 0.2) is 0 Å². The van der Waals surface area contributed by atoms with Crippen molar-refractivity contribution in [2.45, 2.75) is 47.9 Å². The van der Waals surface area contributed by atoms with Crippen molar-refractivity contribution in [1.29, 1.82) is 0 Å². The Labute approximate surface area is 119 Å². The summed E-state index contributed by atoms with van der Waals surface area (Å²) >= 11 is 4.05. The molecule has 0 amide bonds. The second kappa shape index (κ2) is 5.89. The Morgan fingerprint density at radius 1 is 1.28 bits per heavy atom. The summed E-state index contributed by atoms with van der Waals surface area (Å²) in [6.45, 7) is 0. The fourth-order valence-electron chi connectivity index (χ4n) is 3.10. The van der Waals surface area contributed by atoms with Crippen molar-refractivity contribution in [3.63, 3.8) is 0 Å². The third-order valence-corrected chi connectivity index (χ3v) is 6.37.